The Balaban J connectivity index is 2.00. The smallest absolute Gasteiger partial charge is 0.339 e. The molecule has 2 aromatic rings. The Bertz CT molecular complexity index is 1020. The molecule has 1 aromatic carbocycles. The maximum atomic E-state index is 12.8. The number of anilines is 1. The lowest BCUT2D eigenvalue weighted by molar-refractivity contribution is 0.0697. The lowest BCUT2D eigenvalue weighted by atomic mass is 10.1. The zero-order valence-corrected chi connectivity index (χ0v) is 21.6. The molecule has 0 saturated heterocycles. The van der Waals surface area contributed by atoms with E-state index in [9.17, 15) is 19.5 Å². The summed E-state index contributed by atoms with van der Waals surface area (Å²) in [4.78, 5) is 37.2. The number of methoxy groups -OCH3 is 2. The number of nitrogens with one attached hydrogen (secondary N) is 3. The van der Waals surface area contributed by atoms with Crippen LogP contribution in [-0.4, -0.2) is 43.8 Å². The van der Waals surface area contributed by atoms with Gasteiger partial charge in [0.25, 0.3) is 5.91 Å². The van der Waals surface area contributed by atoms with Crippen molar-refractivity contribution in [3.8, 4) is 11.5 Å². The van der Waals surface area contributed by atoms with Gasteiger partial charge < -0.3 is 25.2 Å². The molecule has 10 heteroatoms. The van der Waals surface area contributed by atoms with Gasteiger partial charge in [0.1, 0.15) is 5.00 Å². The van der Waals surface area contributed by atoms with Crippen molar-refractivity contribution < 1.29 is 29.0 Å². The van der Waals surface area contributed by atoms with Crippen LogP contribution < -0.4 is 25.4 Å². The molecule has 1 heterocycles. The average Bonchev–Trinajstić information content (AvgIpc) is 3.17. The molecule has 2 rings (SSSR count). The Hall–Kier alpha value is -3.27. The van der Waals surface area contributed by atoms with Crippen molar-refractivity contribution in [2.24, 2.45) is 0 Å². The third kappa shape index (κ3) is 8.17. The van der Waals surface area contributed by atoms with Gasteiger partial charge in [-0.2, -0.15) is 0 Å². The molecule has 0 aliphatic carbocycles. The largest absolute Gasteiger partial charge is 0.493 e. The first-order valence-corrected chi connectivity index (χ1v) is 12.5. The third-order valence-electron chi connectivity index (χ3n) is 5.51. The fraction of sp³-hybridized carbons (Fsp3) is 0.480. The Morgan fingerprint density at radius 3 is 2.31 bits per heavy atom. The topological polar surface area (TPSA) is 126 Å². The standard InChI is InChI=1S/C25H35N3O6S/c1-5-6-7-8-9-10-13-26-25(32)28-23-20(24(30)31)16(2)21(35-23)22(29)27-15-17-11-12-18(33-3)19(14-17)34-4/h11-12,14H,5-10,13,15H2,1-4H3,(H,27,29)(H,30,31)(H2,26,28,32). The molecule has 0 radical (unpaired) electrons. The Kier molecular flexibility index (Phi) is 11.4. The van der Waals surface area contributed by atoms with Crippen LogP contribution in [0.5, 0.6) is 11.5 Å². The second-order valence-electron chi connectivity index (χ2n) is 8.09. The van der Waals surface area contributed by atoms with Crippen molar-refractivity contribution in [2.75, 3.05) is 26.1 Å². The van der Waals surface area contributed by atoms with E-state index in [0.29, 0.717) is 23.6 Å². The summed E-state index contributed by atoms with van der Waals surface area (Å²) in [7, 11) is 3.07. The fourth-order valence-electron chi connectivity index (χ4n) is 3.58. The molecule has 0 saturated carbocycles. The quantitative estimate of drug-likeness (QED) is 0.262. The van der Waals surface area contributed by atoms with Crippen molar-refractivity contribution in [1.82, 2.24) is 10.6 Å². The third-order valence-corrected chi connectivity index (χ3v) is 6.72. The molecule has 0 unspecified atom stereocenters. The second-order valence-corrected chi connectivity index (χ2v) is 9.11. The maximum Gasteiger partial charge on any atom is 0.339 e. The van der Waals surface area contributed by atoms with Gasteiger partial charge in [-0.15, -0.1) is 11.3 Å². The Labute approximate surface area is 210 Å². The van der Waals surface area contributed by atoms with Crippen LogP contribution in [0.15, 0.2) is 18.2 Å². The molecule has 0 bridgehead atoms. The van der Waals surface area contributed by atoms with Gasteiger partial charge in [0.15, 0.2) is 11.5 Å². The first-order chi connectivity index (χ1) is 16.8. The number of unbranched alkanes of at least 4 members (excludes halogenated alkanes) is 5. The minimum absolute atomic E-state index is 0.0824. The highest BCUT2D eigenvalue weighted by atomic mass is 32.1. The van der Waals surface area contributed by atoms with Crippen LogP contribution >= 0.6 is 11.3 Å². The number of carbonyl (C=O) groups is 3. The van der Waals surface area contributed by atoms with E-state index in [4.69, 9.17) is 9.47 Å². The van der Waals surface area contributed by atoms with E-state index in [2.05, 4.69) is 22.9 Å². The summed E-state index contributed by atoms with van der Waals surface area (Å²) in [6.45, 7) is 4.44. The number of carbonyl (C=O) groups excluding carboxylic acids is 2. The number of carboxylic acids is 1. The van der Waals surface area contributed by atoms with Crippen molar-refractivity contribution in [3.05, 3.63) is 39.8 Å². The molecule has 9 nitrogen and oxygen atoms in total. The van der Waals surface area contributed by atoms with E-state index in [1.807, 2.05) is 0 Å². The number of thiophene rings is 1. The van der Waals surface area contributed by atoms with Gasteiger partial charge in [-0.05, 0) is 36.6 Å². The zero-order chi connectivity index (χ0) is 25.8. The van der Waals surface area contributed by atoms with E-state index in [0.717, 1.165) is 36.2 Å². The highest BCUT2D eigenvalue weighted by molar-refractivity contribution is 7.18. The molecule has 192 valence electrons. The molecule has 0 aliphatic heterocycles. The van der Waals surface area contributed by atoms with Crippen molar-refractivity contribution in [1.29, 1.82) is 0 Å². The van der Waals surface area contributed by atoms with E-state index < -0.39 is 17.9 Å². The van der Waals surface area contributed by atoms with Gasteiger partial charge in [0.05, 0.1) is 24.7 Å². The van der Waals surface area contributed by atoms with Crippen LogP contribution in [0, 0.1) is 6.92 Å². The maximum absolute atomic E-state index is 12.8. The van der Waals surface area contributed by atoms with Gasteiger partial charge in [0.2, 0.25) is 0 Å². The predicted octanol–water partition coefficient (Wildman–Crippen LogP) is 5.18. The monoisotopic (exact) mass is 505 g/mol. The molecular weight excluding hydrogens is 470 g/mol. The minimum atomic E-state index is -1.20. The van der Waals surface area contributed by atoms with Gasteiger partial charge in [0, 0.05) is 13.1 Å². The van der Waals surface area contributed by atoms with Crippen LogP contribution in [0.25, 0.3) is 0 Å². The average molecular weight is 506 g/mol. The summed E-state index contributed by atoms with van der Waals surface area (Å²) < 4.78 is 10.5. The molecule has 1 aromatic heterocycles. The van der Waals surface area contributed by atoms with Gasteiger partial charge in [-0.25, -0.2) is 9.59 Å². The Morgan fingerprint density at radius 1 is 0.971 bits per heavy atom. The van der Waals surface area contributed by atoms with E-state index in [1.54, 1.807) is 32.2 Å². The highest BCUT2D eigenvalue weighted by Crippen LogP contribution is 2.33. The number of carboxylic acid groups (broad SMARTS) is 1. The van der Waals surface area contributed by atoms with Crippen LogP contribution in [0.3, 0.4) is 0 Å². The molecular formula is C25H35N3O6S. The van der Waals surface area contributed by atoms with Crippen molar-refractivity contribution in [3.63, 3.8) is 0 Å². The molecule has 0 spiro atoms. The summed E-state index contributed by atoms with van der Waals surface area (Å²) in [5.74, 6) is -0.513. The summed E-state index contributed by atoms with van der Waals surface area (Å²) in [6, 6.07) is 4.81. The first kappa shape index (κ1) is 28.0. The van der Waals surface area contributed by atoms with E-state index in [-0.39, 0.29) is 22.0 Å². The van der Waals surface area contributed by atoms with Crippen LogP contribution in [0.2, 0.25) is 0 Å². The zero-order valence-electron chi connectivity index (χ0n) is 20.8. The van der Waals surface area contributed by atoms with Gasteiger partial charge >= 0.3 is 12.0 Å². The number of ether oxygens (including phenoxy) is 2. The van der Waals surface area contributed by atoms with E-state index in [1.165, 1.54) is 26.4 Å². The predicted molar refractivity (Wildman–Crippen MR) is 137 cm³/mol. The van der Waals surface area contributed by atoms with Crippen molar-refractivity contribution in [2.45, 2.75) is 58.9 Å². The van der Waals surface area contributed by atoms with Crippen molar-refractivity contribution >= 4 is 34.2 Å². The number of benzene rings is 1. The summed E-state index contributed by atoms with van der Waals surface area (Å²) in [5, 5.41) is 17.9. The number of hydrogen-bond donors (Lipinski definition) is 4. The number of urea groups is 1. The summed E-state index contributed by atoms with van der Waals surface area (Å²) in [6.07, 6.45) is 6.61. The molecule has 35 heavy (non-hydrogen) atoms. The van der Waals surface area contributed by atoms with Crippen LogP contribution in [0.1, 0.15) is 76.6 Å². The molecule has 4 N–H and O–H groups in total. The van der Waals surface area contributed by atoms with Gasteiger partial charge in [-0.1, -0.05) is 45.1 Å². The first-order valence-electron chi connectivity index (χ1n) is 11.7. The number of rotatable bonds is 14. The SMILES string of the molecule is CCCCCCCCNC(=O)Nc1sc(C(=O)NCc2ccc(OC)c(OC)c2)c(C)c1C(=O)O. The normalized spacial score (nSPS) is 10.5. The van der Waals surface area contributed by atoms with E-state index >= 15 is 0 Å². The molecule has 3 amide bonds. The lowest BCUT2D eigenvalue weighted by Crippen LogP contribution is -2.29. The number of amides is 3. The van der Waals surface area contributed by atoms with Crippen LogP contribution in [0.4, 0.5) is 9.80 Å². The number of hydrogen-bond acceptors (Lipinski definition) is 6. The molecule has 0 fully saturated rings. The summed E-state index contributed by atoms with van der Waals surface area (Å²) >= 11 is 0.943. The molecule has 0 aliphatic rings. The second kappa shape index (κ2) is 14.2. The number of aromatic carboxylic acids is 1. The minimum Gasteiger partial charge on any atom is -0.493 e. The lowest BCUT2D eigenvalue weighted by Gasteiger charge is -2.10. The molecule has 0 atom stereocenters. The Morgan fingerprint density at radius 2 is 1.66 bits per heavy atom. The highest BCUT2D eigenvalue weighted by Gasteiger charge is 2.25. The van der Waals surface area contributed by atoms with Gasteiger partial charge in [-0.3, -0.25) is 10.1 Å². The van der Waals surface area contributed by atoms with Crippen LogP contribution in [-0.2, 0) is 6.54 Å². The summed E-state index contributed by atoms with van der Waals surface area (Å²) in [5.41, 5.74) is 1.01. The fourth-order valence-corrected chi connectivity index (χ4v) is 4.69.